The third kappa shape index (κ3) is 1.03. The first-order valence-electron chi connectivity index (χ1n) is 7.15. The summed E-state index contributed by atoms with van der Waals surface area (Å²) < 4.78 is 0. The molecule has 0 radical (unpaired) electrons. The first-order valence-corrected chi connectivity index (χ1v) is 7.15. The summed E-state index contributed by atoms with van der Waals surface area (Å²) in [4.78, 5) is 12.4. The van der Waals surface area contributed by atoms with Gasteiger partial charge in [0.15, 0.2) is 0 Å². The molecule has 0 aromatic rings. The van der Waals surface area contributed by atoms with Gasteiger partial charge in [0.2, 0.25) is 0 Å². The zero-order chi connectivity index (χ0) is 12.5. The second-order valence-corrected chi connectivity index (χ2v) is 6.91. The van der Waals surface area contributed by atoms with Gasteiger partial charge in [-0.2, -0.15) is 0 Å². The molecule has 1 nitrogen and oxygen atoms in total. The molecule has 4 aliphatic rings. The number of hydrogen-bond acceptors (Lipinski definition) is 1. The number of ketones is 1. The largest absolute Gasteiger partial charge is 0.298 e. The molecule has 4 aliphatic carbocycles. The Balaban J connectivity index is 1.76. The normalized spacial score (nSPS) is 49.7. The van der Waals surface area contributed by atoms with E-state index in [0.29, 0.717) is 29.0 Å². The predicted molar refractivity (Wildman–Crippen MR) is 71.8 cm³/mol. The molecule has 18 heavy (non-hydrogen) atoms. The highest BCUT2D eigenvalue weighted by Gasteiger charge is 2.68. The van der Waals surface area contributed by atoms with Crippen LogP contribution in [-0.2, 0) is 4.79 Å². The summed E-state index contributed by atoms with van der Waals surface area (Å²) in [6.45, 7) is 6.02. The average Bonchev–Trinajstić information content (AvgIpc) is 3.06. The molecule has 2 saturated carbocycles. The third-order valence-electron chi connectivity index (χ3n) is 6.04. The predicted octanol–water partition coefficient (Wildman–Crippen LogP) is 3.54. The fourth-order valence-corrected chi connectivity index (χ4v) is 4.96. The highest BCUT2D eigenvalue weighted by atomic mass is 16.1. The molecule has 94 valence electrons. The number of carbonyl (C=O) groups is 1. The van der Waals surface area contributed by atoms with Gasteiger partial charge in [-0.15, -0.1) is 6.58 Å². The van der Waals surface area contributed by atoms with Crippen molar-refractivity contribution in [3.63, 3.8) is 0 Å². The van der Waals surface area contributed by atoms with Gasteiger partial charge in [-0.3, -0.25) is 4.79 Å². The van der Waals surface area contributed by atoms with Crippen molar-refractivity contribution in [1.29, 1.82) is 0 Å². The minimum absolute atomic E-state index is 0.137. The van der Waals surface area contributed by atoms with Crippen LogP contribution in [0.4, 0.5) is 0 Å². The van der Waals surface area contributed by atoms with Gasteiger partial charge in [0, 0.05) is 11.3 Å². The maximum Gasteiger partial charge on any atom is 0.146 e. The Labute approximate surface area is 109 Å². The SMILES string of the molecule is C=CC[C@@]1(C)C(=O)[C@@H]2C=C[C@H]3C=CC4(CC4)[C@H]3[C@@H]21. The van der Waals surface area contributed by atoms with Crippen LogP contribution in [0.3, 0.4) is 0 Å². The van der Waals surface area contributed by atoms with Gasteiger partial charge in [-0.05, 0) is 42.4 Å². The van der Waals surface area contributed by atoms with Crippen molar-refractivity contribution >= 4 is 5.78 Å². The van der Waals surface area contributed by atoms with Crippen molar-refractivity contribution in [1.82, 2.24) is 0 Å². The highest BCUT2D eigenvalue weighted by molar-refractivity contribution is 5.95. The van der Waals surface area contributed by atoms with Crippen LogP contribution in [0.5, 0.6) is 0 Å². The molecule has 0 amide bonds. The van der Waals surface area contributed by atoms with Crippen LogP contribution in [0, 0.1) is 34.5 Å². The second kappa shape index (κ2) is 3.07. The lowest BCUT2D eigenvalue weighted by molar-refractivity contribution is -0.159. The number of hydrogen-bond donors (Lipinski definition) is 0. The average molecular weight is 240 g/mol. The molecule has 1 spiro atoms. The fourth-order valence-electron chi connectivity index (χ4n) is 4.96. The summed E-state index contributed by atoms with van der Waals surface area (Å²) in [6.07, 6.45) is 14.8. The zero-order valence-corrected chi connectivity index (χ0v) is 10.9. The van der Waals surface area contributed by atoms with Gasteiger partial charge in [0.1, 0.15) is 5.78 Å². The minimum atomic E-state index is -0.137. The summed E-state index contributed by atoms with van der Waals surface area (Å²) in [6, 6.07) is 0. The lowest BCUT2D eigenvalue weighted by atomic mass is 9.44. The van der Waals surface area contributed by atoms with E-state index in [4.69, 9.17) is 0 Å². The summed E-state index contributed by atoms with van der Waals surface area (Å²) in [5.74, 6) is 2.48. The topological polar surface area (TPSA) is 17.1 Å². The Bertz CT molecular complexity index is 494. The molecular formula is C17H20O. The molecule has 0 aromatic carbocycles. The van der Waals surface area contributed by atoms with Gasteiger partial charge in [-0.25, -0.2) is 0 Å². The molecular weight excluding hydrogens is 220 g/mol. The van der Waals surface area contributed by atoms with Crippen LogP contribution in [0.15, 0.2) is 37.0 Å². The van der Waals surface area contributed by atoms with E-state index in [-0.39, 0.29) is 11.3 Å². The Kier molecular flexibility index (Phi) is 1.84. The van der Waals surface area contributed by atoms with Crippen LogP contribution in [0.2, 0.25) is 0 Å². The number of allylic oxidation sites excluding steroid dienone is 5. The second-order valence-electron chi connectivity index (χ2n) is 6.91. The van der Waals surface area contributed by atoms with E-state index in [1.54, 1.807) is 0 Å². The van der Waals surface area contributed by atoms with Crippen molar-refractivity contribution in [2.45, 2.75) is 26.2 Å². The molecule has 2 fully saturated rings. The molecule has 4 rings (SSSR count). The number of Topliss-reactive ketones (excluding diaryl/α,β-unsaturated/α-hetero) is 1. The fraction of sp³-hybridized carbons (Fsp3) is 0.588. The molecule has 0 saturated heterocycles. The summed E-state index contributed by atoms with van der Waals surface area (Å²) in [5.41, 5.74) is 0.323. The number of fused-ring (bicyclic) bond motifs is 4. The summed E-state index contributed by atoms with van der Waals surface area (Å²) >= 11 is 0. The van der Waals surface area contributed by atoms with Gasteiger partial charge in [-0.1, -0.05) is 37.3 Å². The smallest absolute Gasteiger partial charge is 0.146 e. The quantitative estimate of drug-likeness (QED) is 0.675. The molecule has 5 atom stereocenters. The molecule has 1 heteroatoms. The first kappa shape index (κ1) is 10.8. The molecule has 0 aliphatic heterocycles. The van der Waals surface area contributed by atoms with Gasteiger partial charge < -0.3 is 0 Å². The van der Waals surface area contributed by atoms with Crippen molar-refractivity contribution in [2.24, 2.45) is 34.5 Å². The Morgan fingerprint density at radius 3 is 2.78 bits per heavy atom. The monoisotopic (exact) mass is 240 g/mol. The van der Waals surface area contributed by atoms with E-state index >= 15 is 0 Å². The van der Waals surface area contributed by atoms with Crippen LogP contribution < -0.4 is 0 Å². The van der Waals surface area contributed by atoms with E-state index in [2.05, 4.69) is 37.8 Å². The van der Waals surface area contributed by atoms with Crippen molar-refractivity contribution < 1.29 is 4.79 Å². The van der Waals surface area contributed by atoms with Gasteiger partial charge in [0.05, 0.1) is 0 Å². The van der Waals surface area contributed by atoms with Gasteiger partial charge in [0.25, 0.3) is 0 Å². The number of rotatable bonds is 2. The molecule has 0 N–H and O–H groups in total. The Hall–Kier alpha value is -1.11. The van der Waals surface area contributed by atoms with Crippen molar-refractivity contribution in [3.8, 4) is 0 Å². The zero-order valence-electron chi connectivity index (χ0n) is 10.9. The maximum absolute atomic E-state index is 12.4. The first-order chi connectivity index (χ1) is 8.62. The van der Waals surface area contributed by atoms with Gasteiger partial charge >= 0.3 is 0 Å². The van der Waals surface area contributed by atoms with Crippen LogP contribution in [0.25, 0.3) is 0 Å². The molecule has 0 unspecified atom stereocenters. The Morgan fingerprint density at radius 2 is 2.11 bits per heavy atom. The lowest BCUT2D eigenvalue weighted by Crippen LogP contribution is -2.61. The molecule has 0 aromatic heterocycles. The molecule has 0 bridgehead atoms. The highest BCUT2D eigenvalue weighted by Crippen LogP contribution is 2.70. The third-order valence-corrected chi connectivity index (χ3v) is 6.04. The number of carbonyl (C=O) groups excluding carboxylic acids is 1. The van der Waals surface area contributed by atoms with Crippen LogP contribution >= 0.6 is 0 Å². The lowest BCUT2D eigenvalue weighted by Gasteiger charge is -2.57. The van der Waals surface area contributed by atoms with Crippen molar-refractivity contribution in [3.05, 3.63) is 37.0 Å². The van der Waals surface area contributed by atoms with E-state index in [0.717, 1.165) is 6.42 Å². The minimum Gasteiger partial charge on any atom is -0.298 e. The van der Waals surface area contributed by atoms with E-state index < -0.39 is 0 Å². The van der Waals surface area contributed by atoms with Crippen molar-refractivity contribution in [2.75, 3.05) is 0 Å². The maximum atomic E-state index is 12.4. The summed E-state index contributed by atoms with van der Waals surface area (Å²) in [7, 11) is 0. The summed E-state index contributed by atoms with van der Waals surface area (Å²) in [5, 5.41) is 0. The Morgan fingerprint density at radius 1 is 1.33 bits per heavy atom. The molecule has 0 heterocycles. The van der Waals surface area contributed by atoms with E-state index in [1.807, 2.05) is 6.08 Å². The van der Waals surface area contributed by atoms with E-state index in [9.17, 15) is 4.79 Å². The van der Waals surface area contributed by atoms with E-state index in [1.165, 1.54) is 12.8 Å². The standard InChI is InChI=1S/C17H20O/c1-3-7-16(2)14-12(15(16)18)5-4-11-6-8-17(9-10-17)13(11)14/h3-6,8,11-14H,1,7,9-10H2,2H3/t11-,12+,13+,14+,16+/m0/s1. The van der Waals surface area contributed by atoms with Crippen LogP contribution in [0.1, 0.15) is 26.2 Å². The van der Waals surface area contributed by atoms with Crippen LogP contribution in [-0.4, -0.2) is 5.78 Å².